The molecule has 3 fully saturated rings. The summed E-state index contributed by atoms with van der Waals surface area (Å²) in [4.78, 5) is 54.5. The van der Waals surface area contributed by atoms with E-state index in [1.54, 1.807) is 11.1 Å². The fourth-order valence-corrected chi connectivity index (χ4v) is 6.12. The van der Waals surface area contributed by atoms with Gasteiger partial charge in [-0.25, -0.2) is 4.98 Å². The van der Waals surface area contributed by atoms with Crippen molar-refractivity contribution in [1.29, 1.82) is 0 Å². The molecule has 0 aliphatic carbocycles. The van der Waals surface area contributed by atoms with E-state index >= 15 is 0 Å². The van der Waals surface area contributed by atoms with Crippen molar-refractivity contribution in [3.05, 3.63) is 48.2 Å². The summed E-state index contributed by atoms with van der Waals surface area (Å²) in [5.41, 5.74) is 2.23. The number of pyridine rings is 1. The number of anilines is 3. The smallest absolute Gasteiger partial charge is 0.253 e. The molecular weight excluding hydrogens is 468 g/mol. The first-order valence-corrected chi connectivity index (χ1v) is 13.6. The summed E-state index contributed by atoms with van der Waals surface area (Å²) in [6, 6.07) is 11.3. The Morgan fingerprint density at radius 3 is 2.38 bits per heavy atom. The average Bonchev–Trinajstić information content (AvgIpc) is 3.50. The fourth-order valence-electron chi connectivity index (χ4n) is 6.12. The first-order chi connectivity index (χ1) is 18.1. The second-order valence-corrected chi connectivity index (χ2v) is 10.4. The van der Waals surface area contributed by atoms with E-state index in [1.165, 1.54) is 0 Å². The van der Waals surface area contributed by atoms with E-state index in [1.807, 2.05) is 46.2 Å². The molecule has 3 amide bonds. The lowest BCUT2D eigenvalue weighted by atomic mass is 9.95. The highest BCUT2D eigenvalue weighted by atomic mass is 16.2. The fraction of sp³-hybridized carbons (Fsp3) is 0.500. The number of amides is 3. The molecule has 2 aromatic rings. The Kier molecular flexibility index (Phi) is 6.44. The Morgan fingerprint density at radius 2 is 1.62 bits per heavy atom. The van der Waals surface area contributed by atoms with Gasteiger partial charge in [0.2, 0.25) is 11.8 Å². The predicted octanol–water partition coefficient (Wildman–Crippen LogP) is 2.37. The number of nitrogens with zero attached hydrogens (tertiary/aromatic N) is 6. The molecule has 0 saturated carbocycles. The number of hydrogen-bond donors (Lipinski definition) is 0. The Morgan fingerprint density at radius 1 is 0.838 bits per heavy atom. The number of carbonyl (C=O) groups is 3. The highest BCUT2D eigenvalue weighted by Crippen LogP contribution is 2.40. The Hall–Kier alpha value is -3.62. The highest BCUT2D eigenvalue weighted by molar-refractivity contribution is 6.10. The zero-order valence-electron chi connectivity index (χ0n) is 21.2. The molecule has 1 aromatic carbocycles. The molecule has 9 nitrogen and oxygen atoms in total. The second kappa shape index (κ2) is 10.0. The monoisotopic (exact) mass is 502 g/mol. The van der Waals surface area contributed by atoms with Gasteiger partial charge in [0.1, 0.15) is 18.4 Å². The Labute approximate surface area is 217 Å². The summed E-state index contributed by atoms with van der Waals surface area (Å²) >= 11 is 0. The standard InChI is InChI=1S/C28H34N6O3/c35-26(31-17-15-30(16-18-31)25-8-1-3-11-29-25)20-34-24-19-21(27(36)32-12-5-6-13-32)9-10-22(24)33-14-4-2-7-23(33)28(34)37/h1,3,8-11,19,23H,2,4-7,12-18,20H2. The van der Waals surface area contributed by atoms with Gasteiger partial charge >= 0.3 is 0 Å². The van der Waals surface area contributed by atoms with Crippen LogP contribution in [-0.2, 0) is 9.59 Å². The predicted molar refractivity (Wildman–Crippen MR) is 142 cm³/mol. The van der Waals surface area contributed by atoms with Crippen molar-refractivity contribution in [2.75, 3.05) is 67.1 Å². The van der Waals surface area contributed by atoms with Crippen LogP contribution in [0, 0.1) is 0 Å². The number of fused-ring (bicyclic) bond motifs is 3. The van der Waals surface area contributed by atoms with Gasteiger partial charge in [-0.3, -0.25) is 19.3 Å². The Balaban J connectivity index is 1.23. The van der Waals surface area contributed by atoms with Gasteiger partial charge in [0, 0.05) is 57.6 Å². The van der Waals surface area contributed by atoms with Crippen LogP contribution in [0.25, 0.3) is 0 Å². The second-order valence-electron chi connectivity index (χ2n) is 10.4. The minimum Gasteiger partial charge on any atom is -0.358 e. The van der Waals surface area contributed by atoms with Gasteiger partial charge in [0.05, 0.1) is 11.4 Å². The van der Waals surface area contributed by atoms with Crippen LogP contribution in [0.2, 0.25) is 0 Å². The third-order valence-electron chi connectivity index (χ3n) is 8.17. The number of aromatic nitrogens is 1. The summed E-state index contributed by atoms with van der Waals surface area (Å²) in [6.07, 6.45) is 6.67. The average molecular weight is 503 g/mol. The van der Waals surface area contributed by atoms with Gasteiger partial charge in [-0.05, 0) is 62.4 Å². The number of rotatable bonds is 4. The number of carbonyl (C=O) groups excluding carboxylic acids is 3. The van der Waals surface area contributed by atoms with Crippen LogP contribution in [-0.4, -0.2) is 90.9 Å². The zero-order valence-corrected chi connectivity index (χ0v) is 21.2. The van der Waals surface area contributed by atoms with Gasteiger partial charge in [-0.2, -0.15) is 0 Å². The van der Waals surface area contributed by atoms with Crippen molar-refractivity contribution in [2.24, 2.45) is 0 Å². The van der Waals surface area contributed by atoms with Crippen LogP contribution in [0.3, 0.4) is 0 Å². The van der Waals surface area contributed by atoms with Crippen LogP contribution in [0.4, 0.5) is 17.2 Å². The van der Waals surface area contributed by atoms with E-state index in [0.29, 0.717) is 37.4 Å². The largest absolute Gasteiger partial charge is 0.358 e. The molecule has 0 N–H and O–H groups in total. The van der Waals surface area contributed by atoms with Gasteiger partial charge in [-0.15, -0.1) is 0 Å². The lowest BCUT2D eigenvalue weighted by Gasteiger charge is -2.45. The van der Waals surface area contributed by atoms with Crippen molar-refractivity contribution < 1.29 is 14.4 Å². The van der Waals surface area contributed by atoms with Crippen molar-refractivity contribution in [3.63, 3.8) is 0 Å². The SMILES string of the molecule is O=C(CN1C(=O)C2CCCCN2c2ccc(C(=O)N3CCCC3)cc21)N1CCN(c2ccccn2)CC1. The molecule has 0 spiro atoms. The molecular formula is C28H34N6O3. The summed E-state index contributed by atoms with van der Waals surface area (Å²) in [5, 5.41) is 0. The number of piperazine rings is 1. The van der Waals surface area contributed by atoms with Crippen molar-refractivity contribution in [3.8, 4) is 0 Å². The van der Waals surface area contributed by atoms with Crippen molar-refractivity contribution in [2.45, 2.75) is 38.1 Å². The van der Waals surface area contributed by atoms with E-state index in [-0.39, 0.29) is 30.3 Å². The number of piperidine rings is 1. The minimum atomic E-state index is -0.241. The van der Waals surface area contributed by atoms with E-state index in [0.717, 1.165) is 63.2 Å². The third kappa shape index (κ3) is 4.51. The van der Waals surface area contributed by atoms with E-state index in [9.17, 15) is 14.4 Å². The molecule has 37 heavy (non-hydrogen) atoms. The Bertz CT molecular complexity index is 1170. The molecule has 9 heteroatoms. The lowest BCUT2D eigenvalue weighted by molar-refractivity contribution is -0.132. The lowest BCUT2D eigenvalue weighted by Crippen LogP contribution is -2.58. The maximum absolute atomic E-state index is 13.7. The quantitative estimate of drug-likeness (QED) is 0.639. The molecule has 3 saturated heterocycles. The molecule has 1 atom stereocenters. The summed E-state index contributed by atoms with van der Waals surface area (Å²) in [7, 11) is 0. The maximum Gasteiger partial charge on any atom is 0.253 e. The van der Waals surface area contributed by atoms with Crippen LogP contribution in [0.1, 0.15) is 42.5 Å². The molecule has 0 bridgehead atoms. The molecule has 1 unspecified atom stereocenters. The topological polar surface area (TPSA) is 80.3 Å². The van der Waals surface area contributed by atoms with Gasteiger partial charge in [0.15, 0.2) is 0 Å². The van der Waals surface area contributed by atoms with Crippen molar-refractivity contribution >= 4 is 34.9 Å². The summed E-state index contributed by atoms with van der Waals surface area (Å²) < 4.78 is 0. The maximum atomic E-state index is 13.7. The van der Waals surface area contributed by atoms with Crippen molar-refractivity contribution in [1.82, 2.24) is 14.8 Å². The summed E-state index contributed by atoms with van der Waals surface area (Å²) in [5.74, 6) is 0.840. The van der Waals surface area contributed by atoms with E-state index in [4.69, 9.17) is 0 Å². The molecule has 4 aliphatic rings. The zero-order chi connectivity index (χ0) is 25.4. The first-order valence-electron chi connectivity index (χ1n) is 13.6. The third-order valence-corrected chi connectivity index (χ3v) is 8.17. The van der Waals surface area contributed by atoms with Gasteiger partial charge in [-0.1, -0.05) is 6.07 Å². The molecule has 5 heterocycles. The molecule has 4 aliphatic heterocycles. The summed E-state index contributed by atoms with van der Waals surface area (Å²) in [6.45, 7) is 4.96. The van der Waals surface area contributed by atoms with E-state index < -0.39 is 0 Å². The normalized spacial score (nSPS) is 21.7. The highest BCUT2D eigenvalue weighted by Gasteiger charge is 2.41. The van der Waals surface area contributed by atoms with Crippen LogP contribution < -0.4 is 14.7 Å². The first kappa shape index (κ1) is 23.8. The molecule has 194 valence electrons. The van der Waals surface area contributed by atoms with Crippen LogP contribution in [0.5, 0.6) is 0 Å². The van der Waals surface area contributed by atoms with Gasteiger partial charge < -0.3 is 19.6 Å². The molecule has 6 rings (SSSR count). The van der Waals surface area contributed by atoms with Crippen LogP contribution in [0.15, 0.2) is 42.6 Å². The number of likely N-dealkylation sites (tertiary alicyclic amines) is 1. The van der Waals surface area contributed by atoms with Gasteiger partial charge in [0.25, 0.3) is 5.91 Å². The molecule has 0 radical (unpaired) electrons. The number of hydrogen-bond acceptors (Lipinski definition) is 6. The van der Waals surface area contributed by atoms with Crippen LogP contribution >= 0.6 is 0 Å². The minimum absolute atomic E-state index is 0.00111. The number of benzene rings is 1. The molecule has 1 aromatic heterocycles. The van der Waals surface area contributed by atoms with E-state index in [2.05, 4.69) is 14.8 Å².